The molecule has 1 aromatic heterocycles. The van der Waals surface area contributed by atoms with E-state index in [1.807, 2.05) is 6.92 Å². The molecule has 0 saturated heterocycles. The average molecular weight is 195 g/mol. The smallest absolute Gasteiger partial charge is 0.341 e. The summed E-state index contributed by atoms with van der Waals surface area (Å²) in [7, 11) is 0. The lowest BCUT2D eigenvalue weighted by Gasteiger charge is -1.99. The highest BCUT2D eigenvalue weighted by Crippen LogP contribution is 2.37. The molecule has 1 saturated carbocycles. The molecule has 0 amide bonds. The standard InChI is InChI=1S/C9H13N3O2/c1-2-6-7(9(13)14)8(10)12(11-6)5-3-4-5/h5H,2-4,10H2,1H3,(H,13,14). The summed E-state index contributed by atoms with van der Waals surface area (Å²) in [6.07, 6.45) is 2.70. The number of aryl methyl sites for hydroxylation is 1. The van der Waals surface area contributed by atoms with Gasteiger partial charge >= 0.3 is 5.97 Å². The van der Waals surface area contributed by atoms with E-state index in [1.54, 1.807) is 4.68 Å². The SMILES string of the molecule is CCc1nn(C2CC2)c(N)c1C(=O)O. The van der Waals surface area contributed by atoms with Gasteiger partial charge in [-0.15, -0.1) is 0 Å². The van der Waals surface area contributed by atoms with Crippen LogP contribution in [0.1, 0.15) is 41.9 Å². The van der Waals surface area contributed by atoms with Crippen LogP contribution in [0.2, 0.25) is 0 Å². The number of rotatable bonds is 3. The number of aromatic carboxylic acids is 1. The summed E-state index contributed by atoms with van der Waals surface area (Å²) in [6, 6.07) is 0.327. The number of carbonyl (C=O) groups is 1. The van der Waals surface area contributed by atoms with Crippen molar-refractivity contribution in [2.75, 3.05) is 5.73 Å². The number of hydrogen-bond donors (Lipinski definition) is 2. The molecule has 0 bridgehead atoms. The average Bonchev–Trinajstić information content (AvgIpc) is 2.90. The Kier molecular flexibility index (Phi) is 1.94. The lowest BCUT2D eigenvalue weighted by Crippen LogP contribution is -2.06. The molecular weight excluding hydrogens is 182 g/mol. The molecule has 14 heavy (non-hydrogen) atoms. The molecule has 76 valence electrons. The molecule has 1 aliphatic rings. The first-order valence-electron chi connectivity index (χ1n) is 4.75. The van der Waals surface area contributed by atoms with Crippen LogP contribution in [0.4, 0.5) is 5.82 Å². The maximum Gasteiger partial charge on any atom is 0.341 e. The van der Waals surface area contributed by atoms with Crippen LogP contribution in [0.5, 0.6) is 0 Å². The molecule has 0 atom stereocenters. The summed E-state index contributed by atoms with van der Waals surface area (Å²) < 4.78 is 1.66. The van der Waals surface area contributed by atoms with Gasteiger partial charge in [-0.05, 0) is 19.3 Å². The summed E-state index contributed by atoms with van der Waals surface area (Å²) in [4.78, 5) is 10.9. The number of carboxylic acids is 1. The first-order valence-corrected chi connectivity index (χ1v) is 4.75. The fraction of sp³-hybridized carbons (Fsp3) is 0.556. The normalized spacial score (nSPS) is 15.8. The van der Waals surface area contributed by atoms with Gasteiger partial charge in [-0.25, -0.2) is 9.48 Å². The highest BCUT2D eigenvalue weighted by molar-refractivity contribution is 5.94. The third-order valence-electron chi connectivity index (χ3n) is 2.46. The number of nitrogen functional groups attached to an aromatic ring is 1. The fourth-order valence-corrected chi connectivity index (χ4v) is 1.57. The fourth-order valence-electron chi connectivity index (χ4n) is 1.57. The number of anilines is 1. The molecule has 1 heterocycles. The molecular formula is C9H13N3O2. The van der Waals surface area contributed by atoms with Gasteiger partial charge in [-0.3, -0.25) is 0 Å². The van der Waals surface area contributed by atoms with Crippen LogP contribution in [-0.2, 0) is 6.42 Å². The minimum absolute atomic E-state index is 0.180. The predicted octanol–water partition coefficient (Wildman–Crippen LogP) is 1.06. The van der Waals surface area contributed by atoms with Crippen LogP contribution >= 0.6 is 0 Å². The number of nitrogens with two attached hydrogens (primary N) is 1. The molecule has 0 spiro atoms. The molecule has 0 unspecified atom stereocenters. The molecule has 5 nitrogen and oxygen atoms in total. The van der Waals surface area contributed by atoms with Gasteiger partial charge in [-0.2, -0.15) is 5.10 Å². The lowest BCUT2D eigenvalue weighted by atomic mass is 10.2. The van der Waals surface area contributed by atoms with E-state index in [0.717, 1.165) is 12.8 Å². The van der Waals surface area contributed by atoms with E-state index in [-0.39, 0.29) is 5.56 Å². The zero-order chi connectivity index (χ0) is 10.3. The van der Waals surface area contributed by atoms with Gasteiger partial charge in [0, 0.05) is 0 Å². The van der Waals surface area contributed by atoms with Crippen LogP contribution in [0.15, 0.2) is 0 Å². The van der Waals surface area contributed by atoms with Crippen molar-refractivity contribution in [1.29, 1.82) is 0 Å². The Bertz CT molecular complexity index is 380. The maximum atomic E-state index is 10.9. The van der Waals surface area contributed by atoms with Gasteiger partial charge in [0.15, 0.2) is 0 Å². The predicted molar refractivity (Wildman–Crippen MR) is 51.2 cm³/mol. The number of hydrogen-bond acceptors (Lipinski definition) is 3. The van der Waals surface area contributed by atoms with Crippen molar-refractivity contribution in [3.8, 4) is 0 Å². The van der Waals surface area contributed by atoms with E-state index < -0.39 is 5.97 Å². The van der Waals surface area contributed by atoms with Crippen molar-refractivity contribution in [3.05, 3.63) is 11.3 Å². The number of carboxylic acid groups (broad SMARTS) is 1. The first kappa shape index (κ1) is 9.05. The number of nitrogens with zero attached hydrogens (tertiary/aromatic N) is 2. The zero-order valence-electron chi connectivity index (χ0n) is 8.03. The minimum atomic E-state index is -0.980. The first-order chi connectivity index (χ1) is 6.65. The monoisotopic (exact) mass is 195 g/mol. The van der Waals surface area contributed by atoms with Gasteiger partial charge < -0.3 is 10.8 Å². The minimum Gasteiger partial charge on any atom is -0.477 e. The van der Waals surface area contributed by atoms with Gasteiger partial charge in [0.05, 0.1) is 11.7 Å². The Morgan fingerprint density at radius 2 is 2.36 bits per heavy atom. The van der Waals surface area contributed by atoms with E-state index in [9.17, 15) is 4.79 Å². The Balaban J connectivity index is 2.49. The molecule has 0 aromatic carbocycles. The zero-order valence-corrected chi connectivity index (χ0v) is 8.03. The summed E-state index contributed by atoms with van der Waals surface area (Å²) in [5.74, 6) is -0.678. The van der Waals surface area contributed by atoms with Crippen LogP contribution in [0.3, 0.4) is 0 Å². The van der Waals surface area contributed by atoms with Crippen molar-refractivity contribution in [2.24, 2.45) is 0 Å². The van der Waals surface area contributed by atoms with Crippen molar-refractivity contribution in [2.45, 2.75) is 32.2 Å². The topological polar surface area (TPSA) is 81.1 Å². The molecule has 0 radical (unpaired) electrons. The Morgan fingerprint density at radius 3 is 2.71 bits per heavy atom. The van der Waals surface area contributed by atoms with Gasteiger partial charge in [0.1, 0.15) is 11.4 Å². The molecule has 2 rings (SSSR count). The molecule has 0 aliphatic heterocycles. The van der Waals surface area contributed by atoms with Crippen molar-refractivity contribution >= 4 is 11.8 Å². The summed E-state index contributed by atoms with van der Waals surface area (Å²) in [5.41, 5.74) is 6.51. The van der Waals surface area contributed by atoms with Crippen molar-refractivity contribution in [3.63, 3.8) is 0 Å². The summed E-state index contributed by atoms with van der Waals surface area (Å²) in [5, 5.41) is 13.2. The van der Waals surface area contributed by atoms with Gasteiger partial charge in [0.2, 0.25) is 0 Å². The molecule has 1 aliphatic carbocycles. The lowest BCUT2D eigenvalue weighted by molar-refractivity contribution is 0.0697. The van der Waals surface area contributed by atoms with E-state index in [4.69, 9.17) is 10.8 Å². The van der Waals surface area contributed by atoms with E-state index in [0.29, 0.717) is 24.0 Å². The third kappa shape index (κ3) is 1.25. The Labute approximate surface area is 81.5 Å². The summed E-state index contributed by atoms with van der Waals surface area (Å²) in [6.45, 7) is 1.88. The third-order valence-corrected chi connectivity index (χ3v) is 2.46. The van der Waals surface area contributed by atoms with Gasteiger partial charge in [0.25, 0.3) is 0 Å². The largest absolute Gasteiger partial charge is 0.477 e. The van der Waals surface area contributed by atoms with E-state index in [1.165, 1.54) is 0 Å². The molecule has 1 fully saturated rings. The molecule has 5 heteroatoms. The van der Waals surface area contributed by atoms with Crippen LogP contribution in [-0.4, -0.2) is 20.9 Å². The van der Waals surface area contributed by atoms with E-state index >= 15 is 0 Å². The Hall–Kier alpha value is -1.52. The van der Waals surface area contributed by atoms with Crippen LogP contribution in [0.25, 0.3) is 0 Å². The molecule has 3 N–H and O–H groups in total. The van der Waals surface area contributed by atoms with Crippen molar-refractivity contribution in [1.82, 2.24) is 9.78 Å². The van der Waals surface area contributed by atoms with Gasteiger partial charge in [-0.1, -0.05) is 6.92 Å². The highest BCUT2D eigenvalue weighted by Gasteiger charge is 2.30. The highest BCUT2D eigenvalue weighted by atomic mass is 16.4. The van der Waals surface area contributed by atoms with E-state index in [2.05, 4.69) is 5.10 Å². The second-order valence-electron chi connectivity index (χ2n) is 3.54. The molecule has 1 aromatic rings. The van der Waals surface area contributed by atoms with Crippen LogP contribution in [0, 0.1) is 0 Å². The Morgan fingerprint density at radius 1 is 1.71 bits per heavy atom. The maximum absolute atomic E-state index is 10.9. The number of aromatic nitrogens is 2. The van der Waals surface area contributed by atoms with Crippen molar-refractivity contribution < 1.29 is 9.90 Å². The summed E-state index contributed by atoms with van der Waals surface area (Å²) >= 11 is 0. The van der Waals surface area contributed by atoms with Crippen LogP contribution < -0.4 is 5.73 Å². The quantitative estimate of drug-likeness (QED) is 0.755. The second-order valence-corrected chi connectivity index (χ2v) is 3.54. The second kappa shape index (κ2) is 3.01.